The molecule has 0 atom stereocenters. The highest BCUT2D eigenvalue weighted by molar-refractivity contribution is 7.07. The van der Waals surface area contributed by atoms with E-state index in [1.165, 1.54) is 0 Å². The third kappa shape index (κ3) is 3.78. The molecule has 1 fully saturated rings. The fourth-order valence-electron chi connectivity index (χ4n) is 2.34. The van der Waals surface area contributed by atoms with Gasteiger partial charge in [0.1, 0.15) is 0 Å². The van der Waals surface area contributed by atoms with Crippen LogP contribution in [0.25, 0.3) is 0 Å². The summed E-state index contributed by atoms with van der Waals surface area (Å²) in [5, 5.41) is 2.01. The van der Waals surface area contributed by atoms with Gasteiger partial charge in [-0.25, -0.2) is 4.98 Å². The summed E-state index contributed by atoms with van der Waals surface area (Å²) in [5.74, 6) is 0.886. The average Bonchev–Trinajstić information content (AvgIpc) is 2.90. The molecule has 1 saturated heterocycles. The van der Waals surface area contributed by atoms with E-state index in [0.29, 0.717) is 12.3 Å². The monoisotopic (exact) mass is 268 g/mol. The number of thiazole rings is 1. The first-order valence-electron chi connectivity index (χ1n) is 6.43. The van der Waals surface area contributed by atoms with Crippen molar-refractivity contribution in [2.45, 2.75) is 25.7 Å². The minimum absolute atomic E-state index is 0.263. The molecule has 0 bridgehead atoms. The Bertz CT molecular complexity index is 359. The molecular formula is C13H20N2O2S. The molecule has 0 radical (unpaired) electrons. The highest BCUT2D eigenvalue weighted by atomic mass is 32.1. The van der Waals surface area contributed by atoms with Crippen molar-refractivity contribution in [2.24, 2.45) is 5.92 Å². The Kier molecular flexibility index (Phi) is 5.13. The second-order valence-corrected chi connectivity index (χ2v) is 5.48. The second kappa shape index (κ2) is 6.85. The van der Waals surface area contributed by atoms with Crippen LogP contribution in [0, 0.1) is 5.92 Å². The Morgan fingerprint density at radius 2 is 2.33 bits per heavy atom. The van der Waals surface area contributed by atoms with Crippen LogP contribution >= 0.6 is 11.3 Å². The van der Waals surface area contributed by atoms with Crippen LogP contribution in [-0.2, 0) is 16.0 Å². The standard InChI is InChI=1S/C13H20N2O2S/c1-17-8-11-4-6-15(7-5-11)13(16)3-2-12-9-18-10-14-12/h9-11H,2-8H2,1H3. The molecule has 2 heterocycles. The van der Waals surface area contributed by atoms with Crippen molar-refractivity contribution >= 4 is 17.2 Å². The number of hydrogen-bond donors (Lipinski definition) is 0. The fraction of sp³-hybridized carbons (Fsp3) is 0.692. The van der Waals surface area contributed by atoms with E-state index in [0.717, 1.165) is 44.7 Å². The topological polar surface area (TPSA) is 42.4 Å². The quantitative estimate of drug-likeness (QED) is 0.820. The Balaban J connectivity index is 1.70. The summed E-state index contributed by atoms with van der Waals surface area (Å²) < 4.78 is 5.16. The average molecular weight is 268 g/mol. The van der Waals surface area contributed by atoms with Crippen LogP contribution in [0.1, 0.15) is 25.0 Å². The van der Waals surface area contributed by atoms with Crippen molar-refractivity contribution in [1.29, 1.82) is 0 Å². The number of hydrogen-bond acceptors (Lipinski definition) is 4. The number of amides is 1. The molecule has 0 spiro atoms. The van der Waals surface area contributed by atoms with Crippen LogP contribution in [0.3, 0.4) is 0 Å². The van der Waals surface area contributed by atoms with Crippen molar-refractivity contribution in [2.75, 3.05) is 26.8 Å². The van der Waals surface area contributed by atoms with Gasteiger partial charge in [-0.05, 0) is 25.2 Å². The van der Waals surface area contributed by atoms with Crippen molar-refractivity contribution in [3.8, 4) is 0 Å². The number of ether oxygens (including phenoxy) is 1. The molecule has 0 unspecified atom stereocenters. The number of nitrogens with zero attached hydrogens (tertiary/aromatic N) is 2. The van der Waals surface area contributed by atoms with Gasteiger partial charge in [0.25, 0.3) is 0 Å². The maximum absolute atomic E-state index is 12.0. The van der Waals surface area contributed by atoms with Gasteiger partial charge >= 0.3 is 0 Å². The zero-order valence-electron chi connectivity index (χ0n) is 10.8. The van der Waals surface area contributed by atoms with Gasteiger partial charge in [0.05, 0.1) is 11.2 Å². The maximum Gasteiger partial charge on any atom is 0.222 e. The first-order valence-corrected chi connectivity index (χ1v) is 7.37. The van der Waals surface area contributed by atoms with Gasteiger partial charge in [0.2, 0.25) is 5.91 Å². The van der Waals surface area contributed by atoms with Crippen molar-refractivity contribution in [3.63, 3.8) is 0 Å². The van der Waals surface area contributed by atoms with Crippen LogP contribution in [0.5, 0.6) is 0 Å². The largest absolute Gasteiger partial charge is 0.384 e. The highest BCUT2D eigenvalue weighted by Gasteiger charge is 2.22. The SMILES string of the molecule is COCC1CCN(C(=O)CCc2cscn2)CC1. The molecule has 0 N–H and O–H groups in total. The molecule has 1 amide bonds. The number of rotatable bonds is 5. The molecule has 2 rings (SSSR count). The van der Waals surface area contributed by atoms with Crippen LogP contribution in [0.15, 0.2) is 10.9 Å². The molecule has 0 aromatic carbocycles. The van der Waals surface area contributed by atoms with E-state index in [4.69, 9.17) is 4.74 Å². The first-order chi connectivity index (χ1) is 8.79. The first kappa shape index (κ1) is 13.5. The number of piperidine rings is 1. The molecule has 5 heteroatoms. The van der Waals surface area contributed by atoms with Crippen molar-refractivity contribution in [1.82, 2.24) is 9.88 Å². The summed E-state index contributed by atoms with van der Waals surface area (Å²) in [4.78, 5) is 18.2. The number of aryl methyl sites for hydroxylation is 1. The lowest BCUT2D eigenvalue weighted by atomic mass is 9.97. The summed E-state index contributed by atoms with van der Waals surface area (Å²) in [5.41, 5.74) is 2.85. The van der Waals surface area contributed by atoms with Crippen LogP contribution in [-0.4, -0.2) is 42.6 Å². The second-order valence-electron chi connectivity index (χ2n) is 4.76. The lowest BCUT2D eigenvalue weighted by Crippen LogP contribution is -2.39. The molecule has 0 saturated carbocycles. The van der Waals surface area contributed by atoms with Crippen LogP contribution in [0.4, 0.5) is 0 Å². The molecule has 100 valence electrons. The zero-order chi connectivity index (χ0) is 12.8. The smallest absolute Gasteiger partial charge is 0.222 e. The van der Waals surface area contributed by atoms with Gasteiger partial charge in [-0.1, -0.05) is 0 Å². The molecule has 1 aliphatic rings. The molecular weight excluding hydrogens is 248 g/mol. The van der Waals surface area contributed by atoms with Crippen LogP contribution < -0.4 is 0 Å². The van der Waals surface area contributed by atoms with E-state index >= 15 is 0 Å². The third-order valence-electron chi connectivity index (χ3n) is 3.45. The Morgan fingerprint density at radius 3 is 2.94 bits per heavy atom. The van der Waals surface area contributed by atoms with E-state index in [9.17, 15) is 4.79 Å². The highest BCUT2D eigenvalue weighted by Crippen LogP contribution is 2.18. The van der Waals surface area contributed by atoms with E-state index in [1.54, 1.807) is 18.4 Å². The third-order valence-corrected chi connectivity index (χ3v) is 4.08. The molecule has 1 aromatic rings. The Hall–Kier alpha value is -0.940. The van der Waals surface area contributed by atoms with E-state index in [1.807, 2.05) is 15.8 Å². The minimum atomic E-state index is 0.263. The van der Waals surface area contributed by atoms with Crippen molar-refractivity contribution in [3.05, 3.63) is 16.6 Å². The zero-order valence-corrected chi connectivity index (χ0v) is 11.6. The summed E-state index contributed by atoms with van der Waals surface area (Å²) in [6.07, 6.45) is 3.48. The van der Waals surface area contributed by atoms with Crippen LogP contribution in [0.2, 0.25) is 0 Å². The van der Waals surface area contributed by atoms with Crippen molar-refractivity contribution < 1.29 is 9.53 Å². The Morgan fingerprint density at radius 1 is 1.56 bits per heavy atom. The lowest BCUT2D eigenvalue weighted by molar-refractivity contribution is -0.132. The number of carbonyl (C=O) groups excluding carboxylic acids is 1. The number of carbonyl (C=O) groups is 1. The predicted octanol–water partition coefficient (Wildman–Crippen LogP) is 1.96. The molecule has 1 aliphatic heterocycles. The van der Waals surface area contributed by atoms with E-state index < -0.39 is 0 Å². The van der Waals surface area contributed by atoms with Gasteiger partial charge in [0, 0.05) is 38.6 Å². The fourth-order valence-corrected chi connectivity index (χ4v) is 2.93. The normalized spacial score (nSPS) is 17.1. The van der Waals surface area contributed by atoms with Gasteiger partial charge in [-0.15, -0.1) is 11.3 Å². The van der Waals surface area contributed by atoms with E-state index in [-0.39, 0.29) is 5.91 Å². The van der Waals surface area contributed by atoms with Gasteiger partial charge in [-0.2, -0.15) is 0 Å². The van der Waals surface area contributed by atoms with E-state index in [2.05, 4.69) is 4.98 Å². The number of likely N-dealkylation sites (tertiary alicyclic amines) is 1. The summed E-state index contributed by atoms with van der Waals surface area (Å²) >= 11 is 1.58. The molecule has 4 nitrogen and oxygen atoms in total. The number of aromatic nitrogens is 1. The molecule has 18 heavy (non-hydrogen) atoms. The summed E-state index contributed by atoms with van der Waals surface area (Å²) in [7, 11) is 1.74. The summed E-state index contributed by atoms with van der Waals surface area (Å²) in [6.45, 7) is 2.58. The van der Waals surface area contributed by atoms with Gasteiger partial charge in [-0.3, -0.25) is 4.79 Å². The lowest BCUT2D eigenvalue weighted by Gasteiger charge is -2.31. The molecule has 0 aliphatic carbocycles. The predicted molar refractivity (Wildman–Crippen MR) is 71.6 cm³/mol. The summed E-state index contributed by atoms with van der Waals surface area (Å²) in [6, 6.07) is 0. The Labute approximate surface area is 112 Å². The molecule has 1 aromatic heterocycles. The van der Waals surface area contributed by atoms with Gasteiger partial charge < -0.3 is 9.64 Å². The van der Waals surface area contributed by atoms with Gasteiger partial charge in [0.15, 0.2) is 0 Å². The maximum atomic E-state index is 12.0. The minimum Gasteiger partial charge on any atom is -0.384 e. The number of methoxy groups -OCH3 is 1.